The molecule has 0 unspecified atom stereocenters. The molecule has 2 fully saturated rings. The molecule has 0 radical (unpaired) electrons. The minimum absolute atomic E-state index is 0.117. The zero-order valence-corrected chi connectivity index (χ0v) is 20.2. The fraction of sp³-hybridized carbons (Fsp3) is 0.500. The van der Waals surface area contributed by atoms with Crippen LogP contribution in [-0.2, 0) is 12.0 Å². The second-order valence-electron chi connectivity index (χ2n) is 8.92. The van der Waals surface area contributed by atoms with Gasteiger partial charge in [-0.3, -0.25) is 4.90 Å². The smallest absolute Gasteiger partial charge is 0.166 e. The minimum atomic E-state index is 0.117. The van der Waals surface area contributed by atoms with E-state index in [1.807, 2.05) is 0 Å². The van der Waals surface area contributed by atoms with E-state index in [-0.39, 0.29) is 5.41 Å². The third-order valence-corrected chi connectivity index (χ3v) is 7.49. The minimum Gasteiger partial charge on any atom is -0.493 e. The molecule has 5 nitrogen and oxygen atoms in total. The van der Waals surface area contributed by atoms with Gasteiger partial charge >= 0.3 is 0 Å². The van der Waals surface area contributed by atoms with Crippen LogP contribution in [-0.4, -0.2) is 49.4 Å². The highest BCUT2D eigenvalue weighted by Gasteiger charge is 2.51. The van der Waals surface area contributed by atoms with Crippen molar-refractivity contribution < 1.29 is 9.47 Å². The Morgan fingerprint density at radius 1 is 1.09 bits per heavy atom. The Labute approximate surface area is 197 Å². The van der Waals surface area contributed by atoms with Crippen LogP contribution in [0.15, 0.2) is 48.5 Å². The van der Waals surface area contributed by atoms with E-state index in [4.69, 9.17) is 21.7 Å². The molecule has 3 atom stereocenters. The lowest BCUT2D eigenvalue weighted by Crippen LogP contribution is -2.53. The Bertz CT molecular complexity index is 923. The summed E-state index contributed by atoms with van der Waals surface area (Å²) < 4.78 is 11.2. The third kappa shape index (κ3) is 4.57. The van der Waals surface area contributed by atoms with Crippen LogP contribution in [0.3, 0.4) is 0 Å². The number of thiocarbonyl (C=S) groups is 1. The number of methoxy groups -OCH3 is 2. The largest absolute Gasteiger partial charge is 0.493 e. The number of fused-ring (bicyclic) bond motifs is 1. The highest BCUT2D eigenvalue weighted by molar-refractivity contribution is 7.80. The summed E-state index contributed by atoms with van der Waals surface area (Å²) in [6.07, 6.45) is 4.47. The lowest BCUT2D eigenvalue weighted by molar-refractivity contribution is 0.134. The summed E-state index contributed by atoms with van der Waals surface area (Å²) in [7, 11) is 3.41. The van der Waals surface area contributed by atoms with Gasteiger partial charge in [-0.15, -0.1) is 0 Å². The number of nitrogens with one attached hydrogen (secondary N) is 2. The van der Waals surface area contributed by atoms with Gasteiger partial charge in [0.1, 0.15) is 0 Å². The van der Waals surface area contributed by atoms with Crippen LogP contribution in [0.1, 0.15) is 43.7 Å². The lowest BCUT2D eigenvalue weighted by atomic mass is 9.65. The molecule has 2 aromatic rings. The molecular weight excluding hydrogens is 418 g/mol. The van der Waals surface area contributed by atoms with E-state index in [0.29, 0.717) is 12.1 Å². The van der Waals surface area contributed by atoms with Crippen molar-refractivity contribution in [1.82, 2.24) is 15.5 Å². The number of nitrogens with zero attached hydrogens (tertiary/aromatic N) is 1. The molecule has 172 valence electrons. The summed E-state index contributed by atoms with van der Waals surface area (Å²) in [5, 5.41) is 7.59. The zero-order valence-electron chi connectivity index (χ0n) is 19.4. The van der Waals surface area contributed by atoms with Gasteiger partial charge in [0.05, 0.1) is 14.2 Å². The average Bonchev–Trinajstić information content (AvgIpc) is 3.18. The maximum atomic E-state index is 5.66. The van der Waals surface area contributed by atoms with Crippen molar-refractivity contribution >= 4 is 17.3 Å². The van der Waals surface area contributed by atoms with Gasteiger partial charge in [-0.25, -0.2) is 0 Å². The van der Waals surface area contributed by atoms with E-state index >= 15 is 0 Å². The predicted octanol–water partition coefficient (Wildman–Crippen LogP) is 4.25. The topological polar surface area (TPSA) is 45.8 Å². The van der Waals surface area contributed by atoms with Crippen molar-refractivity contribution in [3.05, 3.63) is 59.7 Å². The van der Waals surface area contributed by atoms with Crippen LogP contribution in [0.5, 0.6) is 11.5 Å². The Kier molecular flexibility index (Phi) is 7.21. The van der Waals surface area contributed by atoms with Crippen molar-refractivity contribution in [2.75, 3.05) is 27.3 Å². The number of benzene rings is 2. The first kappa shape index (κ1) is 22.9. The first-order valence-corrected chi connectivity index (χ1v) is 12.0. The maximum absolute atomic E-state index is 5.66. The van der Waals surface area contributed by atoms with Gasteiger partial charge in [0, 0.05) is 30.6 Å². The van der Waals surface area contributed by atoms with E-state index < -0.39 is 0 Å². The van der Waals surface area contributed by atoms with E-state index in [9.17, 15) is 0 Å². The molecule has 1 saturated carbocycles. The van der Waals surface area contributed by atoms with Gasteiger partial charge in [-0.05, 0) is 74.6 Å². The molecule has 1 aliphatic carbocycles. The first-order valence-electron chi connectivity index (χ1n) is 11.6. The molecule has 1 heterocycles. The maximum Gasteiger partial charge on any atom is 0.166 e. The fourth-order valence-electron chi connectivity index (χ4n) is 5.66. The van der Waals surface area contributed by atoms with E-state index in [1.54, 1.807) is 14.2 Å². The van der Waals surface area contributed by atoms with Crippen molar-refractivity contribution in [3.8, 4) is 11.5 Å². The standard InChI is InChI=1S/C26H35N3O2S/c1-4-27-25(32)28-21-12-13-26(20-10-11-22(30-2)23(16-20)31-3)14-15-29(24(26)17-21)18-19-8-6-5-7-9-19/h5-11,16,21,24H,4,12-15,17-18H2,1-3H3,(H2,27,28,32)/t21-,24-,26-/m0/s1. The molecule has 2 aromatic carbocycles. The molecule has 0 amide bonds. The molecule has 2 aliphatic rings. The normalized spacial score (nSPS) is 25.1. The third-order valence-electron chi connectivity index (χ3n) is 7.23. The molecule has 1 saturated heterocycles. The van der Waals surface area contributed by atoms with Gasteiger partial charge in [-0.2, -0.15) is 0 Å². The van der Waals surface area contributed by atoms with Crippen molar-refractivity contribution in [2.45, 2.75) is 56.7 Å². The number of ether oxygens (including phenoxy) is 2. The van der Waals surface area contributed by atoms with Crippen LogP contribution in [0, 0.1) is 0 Å². The first-order chi connectivity index (χ1) is 15.6. The van der Waals surface area contributed by atoms with Gasteiger partial charge < -0.3 is 20.1 Å². The van der Waals surface area contributed by atoms with Crippen LogP contribution in [0.2, 0.25) is 0 Å². The van der Waals surface area contributed by atoms with Gasteiger partial charge in [0.25, 0.3) is 0 Å². The SMILES string of the molecule is CCNC(=S)N[C@H]1CC[C@@]2(c3ccc(OC)c(OC)c3)CCN(Cc3ccccc3)[C@H]2C1. The molecule has 0 spiro atoms. The number of rotatable bonds is 7. The van der Waals surface area contributed by atoms with Crippen LogP contribution >= 0.6 is 12.2 Å². The Morgan fingerprint density at radius 3 is 2.59 bits per heavy atom. The highest BCUT2D eigenvalue weighted by atomic mass is 32.1. The Morgan fingerprint density at radius 2 is 1.88 bits per heavy atom. The van der Waals surface area contributed by atoms with Crippen molar-refractivity contribution in [3.63, 3.8) is 0 Å². The van der Waals surface area contributed by atoms with Crippen LogP contribution in [0.25, 0.3) is 0 Å². The molecular formula is C26H35N3O2S. The average molecular weight is 454 g/mol. The second-order valence-corrected chi connectivity index (χ2v) is 9.33. The fourth-order valence-corrected chi connectivity index (χ4v) is 5.97. The summed E-state index contributed by atoms with van der Waals surface area (Å²) in [4.78, 5) is 2.68. The molecule has 0 aromatic heterocycles. The number of likely N-dealkylation sites (tertiary alicyclic amines) is 1. The summed E-state index contributed by atoms with van der Waals surface area (Å²) in [5.41, 5.74) is 2.85. The van der Waals surface area contributed by atoms with E-state index in [1.165, 1.54) is 11.1 Å². The molecule has 2 N–H and O–H groups in total. The lowest BCUT2D eigenvalue weighted by Gasteiger charge is -2.46. The van der Waals surface area contributed by atoms with Gasteiger partial charge in [0.2, 0.25) is 0 Å². The molecule has 4 rings (SSSR count). The summed E-state index contributed by atoms with van der Waals surface area (Å²) in [5.74, 6) is 1.60. The molecule has 0 bridgehead atoms. The highest BCUT2D eigenvalue weighted by Crippen LogP contribution is 2.50. The van der Waals surface area contributed by atoms with Crippen molar-refractivity contribution in [1.29, 1.82) is 0 Å². The quantitative estimate of drug-likeness (QED) is 0.611. The molecule has 6 heteroatoms. The van der Waals surface area contributed by atoms with E-state index in [2.05, 4.69) is 71.0 Å². The molecule has 32 heavy (non-hydrogen) atoms. The van der Waals surface area contributed by atoms with Crippen LogP contribution < -0.4 is 20.1 Å². The Hall–Kier alpha value is -2.31. The zero-order chi connectivity index (χ0) is 22.6. The second kappa shape index (κ2) is 10.1. The van der Waals surface area contributed by atoms with E-state index in [0.717, 1.165) is 61.9 Å². The monoisotopic (exact) mass is 453 g/mol. The van der Waals surface area contributed by atoms with Gasteiger partial charge in [0.15, 0.2) is 16.6 Å². The number of hydrogen-bond donors (Lipinski definition) is 2. The van der Waals surface area contributed by atoms with Crippen molar-refractivity contribution in [2.24, 2.45) is 0 Å². The number of hydrogen-bond acceptors (Lipinski definition) is 4. The van der Waals surface area contributed by atoms with Crippen LogP contribution in [0.4, 0.5) is 0 Å². The predicted molar refractivity (Wildman–Crippen MR) is 134 cm³/mol. The summed E-state index contributed by atoms with van der Waals surface area (Å²) in [6, 6.07) is 18.2. The molecule has 1 aliphatic heterocycles. The summed E-state index contributed by atoms with van der Waals surface area (Å²) >= 11 is 5.50. The van der Waals surface area contributed by atoms with Gasteiger partial charge in [-0.1, -0.05) is 36.4 Å². The summed E-state index contributed by atoms with van der Waals surface area (Å²) in [6.45, 7) is 5.00. The Balaban J connectivity index is 1.63.